The van der Waals surface area contributed by atoms with Crippen molar-refractivity contribution in [1.29, 1.82) is 0 Å². The second kappa shape index (κ2) is 10.7. The molecule has 0 rings (SSSR count). The van der Waals surface area contributed by atoms with Crippen LogP contribution in [0, 0.1) is 0 Å². The maximum absolute atomic E-state index is 11.9. The fraction of sp³-hybridized carbons (Fsp3) is 0.706. The van der Waals surface area contributed by atoms with Crippen LogP contribution in [0.5, 0.6) is 0 Å². The van der Waals surface area contributed by atoms with Gasteiger partial charge in [-0.2, -0.15) is 0 Å². The zero-order valence-corrected chi connectivity index (χ0v) is 15.5. The Morgan fingerprint density at radius 2 is 1.83 bits per heavy atom. The lowest BCUT2D eigenvalue weighted by atomic mass is 10.1. The van der Waals surface area contributed by atoms with E-state index in [-0.39, 0.29) is 11.9 Å². The van der Waals surface area contributed by atoms with Crippen molar-refractivity contribution in [3.63, 3.8) is 0 Å². The Morgan fingerprint density at radius 3 is 2.33 bits per heavy atom. The van der Waals surface area contributed by atoms with Gasteiger partial charge in [-0.25, -0.2) is 9.59 Å². The molecule has 7 nitrogen and oxygen atoms in total. The molecular formula is C17H30N2O5. The van der Waals surface area contributed by atoms with Crippen molar-refractivity contribution < 1.29 is 23.9 Å². The van der Waals surface area contributed by atoms with Crippen LogP contribution >= 0.6 is 0 Å². The first-order chi connectivity index (χ1) is 11.0. The van der Waals surface area contributed by atoms with Gasteiger partial charge in [0, 0.05) is 32.6 Å². The van der Waals surface area contributed by atoms with Crippen molar-refractivity contribution >= 4 is 18.0 Å². The summed E-state index contributed by atoms with van der Waals surface area (Å²) in [5, 5.41) is 2.74. The van der Waals surface area contributed by atoms with Crippen LogP contribution in [0.15, 0.2) is 12.2 Å². The summed E-state index contributed by atoms with van der Waals surface area (Å²) in [6.07, 6.45) is 3.54. The number of carbonyl (C=O) groups is 3. The summed E-state index contributed by atoms with van der Waals surface area (Å²) in [4.78, 5) is 36.4. The molecule has 2 amide bonds. The van der Waals surface area contributed by atoms with Crippen LogP contribution < -0.4 is 5.32 Å². The lowest BCUT2D eigenvalue weighted by Crippen LogP contribution is -2.39. The molecular weight excluding hydrogens is 312 g/mol. The van der Waals surface area contributed by atoms with E-state index in [4.69, 9.17) is 9.47 Å². The SMILES string of the molecule is CCOC(=O)/C=C/C[C@H](CCC(=O)N(C)C)NC(=O)OC(C)(C)C. The van der Waals surface area contributed by atoms with E-state index >= 15 is 0 Å². The van der Waals surface area contributed by atoms with Crippen LogP contribution in [-0.4, -0.2) is 55.2 Å². The van der Waals surface area contributed by atoms with Gasteiger partial charge in [-0.1, -0.05) is 6.08 Å². The smallest absolute Gasteiger partial charge is 0.407 e. The quantitative estimate of drug-likeness (QED) is 0.540. The zero-order chi connectivity index (χ0) is 18.8. The van der Waals surface area contributed by atoms with Gasteiger partial charge in [0.25, 0.3) is 0 Å². The highest BCUT2D eigenvalue weighted by molar-refractivity contribution is 5.81. The first-order valence-electron chi connectivity index (χ1n) is 8.08. The van der Waals surface area contributed by atoms with Gasteiger partial charge in [-0.3, -0.25) is 4.79 Å². The molecule has 1 atom stereocenters. The predicted octanol–water partition coefficient (Wildman–Crippen LogP) is 2.26. The third kappa shape index (κ3) is 11.5. The normalized spacial score (nSPS) is 12.6. The van der Waals surface area contributed by atoms with Crippen LogP contribution in [0.1, 0.15) is 47.0 Å². The van der Waals surface area contributed by atoms with Crippen LogP contribution in [-0.2, 0) is 19.1 Å². The fourth-order valence-corrected chi connectivity index (χ4v) is 1.76. The van der Waals surface area contributed by atoms with E-state index < -0.39 is 17.7 Å². The minimum Gasteiger partial charge on any atom is -0.463 e. The summed E-state index contributed by atoms with van der Waals surface area (Å²) in [6, 6.07) is -0.311. The highest BCUT2D eigenvalue weighted by Gasteiger charge is 2.20. The number of carbonyl (C=O) groups excluding carboxylic acids is 3. The Bertz CT molecular complexity index is 452. The second-order valence-corrected chi connectivity index (χ2v) is 6.56. The van der Waals surface area contributed by atoms with Crippen molar-refractivity contribution in [3.05, 3.63) is 12.2 Å². The number of alkyl carbamates (subject to hydrolysis) is 1. The Balaban J connectivity index is 4.67. The molecule has 0 aromatic rings. The number of ether oxygens (including phenoxy) is 2. The van der Waals surface area contributed by atoms with Gasteiger partial charge in [0.1, 0.15) is 5.60 Å². The number of hydrogen-bond donors (Lipinski definition) is 1. The molecule has 0 aromatic heterocycles. The van der Waals surface area contributed by atoms with Crippen molar-refractivity contribution in [2.45, 2.75) is 58.6 Å². The minimum absolute atomic E-state index is 0.0274. The number of rotatable bonds is 8. The standard InChI is InChI=1S/C17H30N2O5/c1-7-23-15(21)10-8-9-13(11-12-14(20)19(5)6)18-16(22)24-17(2,3)4/h8,10,13H,7,9,11-12H2,1-6H3,(H,18,22)/b10-8+/t13-/m1/s1. The van der Waals surface area contributed by atoms with Gasteiger partial charge >= 0.3 is 12.1 Å². The molecule has 0 spiro atoms. The first-order valence-corrected chi connectivity index (χ1v) is 8.08. The van der Waals surface area contributed by atoms with E-state index in [0.29, 0.717) is 25.9 Å². The summed E-state index contributed by atoms with van der Waals surface area (Å²) in [6.45, 7) is 7.36. The number of amides is 2. The molecule has 0 aromatic carbocycles. The zero-order valence-electron chi connectivity index (χ0n) is 15.5. The van der Waals surface area contributed by atoms with Gasteiger partial charge in [0.05, 0.1) is 6.61 Å². The maximum atomic E-state index is 11.9. The molecule has 0 aliphatic heterocycles. The Labute approximate surface area is 144 Å². The van der Waals surface area contributed by atoms with E-state index in [0.717, 1.165) is 0 Å². The average Bonchev–Trinajstić information content (AvgIpc) is 2.42. The van der Waals surface area contributed by atoms with Gasteiger partial charge < -0.3 is 19.7 Å². The summed E-state index contributed by atoms with van der Waals surface area (Å²) in [5.74, 6) is -0.460. The Kier molecular flexibility index (Phi) is 9.76. The van der Waals surface area contributed by atoms with E-state index in [1.54, 1.807) is 47.9 Å². The topological polar surface area (TPSA) is 84.9 Å². The van der Waals surface area contributed by atoms with Gasteiger partial charge in [-0.15, -0.1) is 0 Å². The first kappa shape index (κ1) is 21.9. The Morgan fingerprint density at radius 1 is 1.21 bits per heavy atom. The number of nitrogens with one attached hydrogen (secondary N) is 1. The molecule has 1 N–H and O–H groups in total. The summed E-state index contributed by atoms with van der Waals surface area (Å²) >= 11 is 0. The molecule has 0 saturated heterocycles. The summed E-state index contributed by atoms with van der Waals surface area (Å²) < 4.78 is 10.0. The van der Waals surface area contributed by atoms with Gasteiger partial charge in [-0.05, 0) is 40.5 Å². The molecule has 138 valence electrons. The van der Waals surface area contributed by atoms with E-state index in [2.05, 4.69) is 5.32 Å². The van der Waals surface area contributed by atoms with Crippen LogP contribution in [0.3, 0.4) is 0 Å². The molecule has 0 aliphatic carbocycles. The van der Waals surface area contributed by atoms with Gasteiger partial charge in [0.2, 0.25) is 5.91 Å². The van der Waals surface area contributed by atoms with Crippen LogP contribution in [0.25, 0.3) is 0 Å². The van der Waals surface area contributed by atoms with E-state index in [1.807, 2.05) is 0 Å². The predicted molar refractivity (Wildman–Crippen MR) is 91.5 cm³/mol. The van der Waals surface area contributed by atoms with Crippen LogP contribution in [0.2, 0.25) is 0 Å². The van der Waals surface area contributed by atoms with Crippen molar-refractivity contribution in [2.75, 3.05) is 20.7 Å². The molecule has 24 heavy (non-hydrogen) atoms. The third-order valence-corrected chi connectivity index (χ3v) is 2.89. The molecule has 0 unspecified atom stereocenters. The molecule has 0 saturated carbocycles. The monoisotopic (exact) mass is 342 g/mol. The van der Waals surface area contributed by atoms with Crippen molar-refractivity contribution in [2.24, 2.45) is 0 Å². The van der Waals surface area contributed by atoms with Gasteiger partial charge in [0.15, 0.2) is 0 Å². The Hall–Kier alpha value is -2.05. The van der Waals surface area contributed by atoms with Crippen molar-refractivity contribution in [3.8, 4) is 0 Å². The second-order valence-electron chi connectivity index (χ2n) is 6.56. The largest absolute Gasteiger partial charge is 0.463 e. The van der Waals surface area contributed by atoms with E-state index in [9.17, 15) is 14.4 Å². The minimum atomic E-state index is -0.602. The highest BCUT2D eigenvalue weighted by Crippen LogP contribution is 2.10. The number of nitrogens with zero attached hydrogens (tertiary/aromatic N) is 1. The molecule has 0 aliphatic rings. The summed E-state index contributed by atoms with van der Waals surface area (Å²) in [7, 11) is 3.36. The number of esters is 1. The maximum Gasteiger partial charge on any atom is 0.407 e. The van der Waals surface area contributed by atoms with Crippen molar-refractivity contribution in [1.82, 2.24) is 10.2 Å². The third-order valence-electron chi connectivity index (χ3n) is 2.89. The average molecular weight is 342 g/mol. The molecule has 7 heteroatoms. The highest BCUT2D eigenvalue weighted by atomic mass is 16.6. The lowest BCUT2D eigenvalue weighted by Gasteiger charge is -2.23. The lowest BCUT2D eigenvalue weighted by molar-refractivity contribution is -0.137. The number of hydrogen-bond acceptors (Lipinski definition) is 5. The fourth-order valence-electron chi connectivity index (χ4n) is 1.76. The molecule has 0 radical (unpaired) electrons. The molecule has 0 fully saturated rings. The van der Waals surface area contributed by atoms with Crippen LogP contribution in [0.4, 0.5) is 4.79 Å². The van der Waals surface area contributed by atoms with E-state index in [1.165, 1.54) is 11.0 Å². The molecule has 0 heterocycles. The molecule has 0 bridgehead atoms. The summed E-state index contributed by atoms with van der Waals surface area (Å²) in [5.41, 5.74) is -0.602.